The second kappa shape index (κ2) is 7.26. The van der Waals surface area contributed by atoms with Gasteiger partial charge in [-0.05, 0) is 59.1 Å². The van der Waals surface area contributed by atoms with Crippen LogP contribution in [-0.4, -0.2) is 23.6 Å². The van der Waals surface area contributed by atoms with Crippen LogP contribution in [0.15, 0.2) is 6.07 Å². The molecule has 120 valence electrons. The van der Waals surface area contributed by atoms with E-state index in [-0.39, 0.29) is 5.54 Å². The van der Waals surface area contributed by atoms with E-state index >= 15 is 0 Å². The first-order chi connectivity index (χ1) is 9.64. The highest BCUT2D eigenvalue weighted by molar-refractivity contribution is 5.51. The molecule has 0 fully saturated rings. The van der Waals surface area contributed by atoms with Gasteiger partial charge in [0.05, 0.1) is 0 Å². The summed E-state index contributed by atoms with van der Waals surface area (Å²) in [7, 11) is 0. The maximum atomic E-state index is 4.84. The Kier molecular flexibility index (Phi) is 6.21. The summed E-state index contributed by atoms with van der Waals surface area (Å²) < 4.78 is 0. The first-order valence-electron chi connectivity index (χ1n) is 8.11. The van der Waals surface area contributed by atoms with Crippen molar-refractivity contribution in [3.8, 4) is 0 Å². The minimum Gasteiger partial charge on any atom is -0.356 e. The van der Waals surface area contributed by atoms with Crippen molar-refractivity contribution < 1.29 is 0 Å². The molecule has 0 bridgehead atoms. The molecule has 0 saturated heterocycles. The number of nitrogens with one attached hydrogen (secondary N) is 1. The molecule has 1 heterocycles. The topological polar surface area (TPSA) is 28.2 Å². The fourth-order valence-electron chi connectivity index (χ4n) is 2.48. The number of rotatable bonds is 6. The number of hydrogen-bond acceptors (Lipinski definition) is 3. The largest absolute Gasteiger partial charge is 0.356 e. The zero-order valence-corrected chi connectivity index (χ0v) is 15.2. The summed E-state index contributed by atoms with van der Waals surface area (Å²) in [6, 6.07) is 2.19. The Labute approximate surface area is 131 Å². The van der Waals surface area contributed by atoms with Crippen molar-refractivity contribution in [1.82, 2.24) is 10.3 Å². The predicted octanol–water partition coefficient (Wildman–Crippen LogP) is 4.07. The van der Waals surface area contributed by atoms with Crippen LogP contribution in [0.5, 0.6) is 0 Å². The van der Waals surface area contributed by atoms with E-state index in [0.717, 1.165) is 31.1 Å². The molecule has 0 unspecified atom stereocenters. The van der Waals surface area contributed by atoms with Crippen molar-refractivity contribution in [1.29, 1.82) is 0 Å². The molecule has 0 amide bonds. The lowest BCUT2D eigenvalue weighted by Gasteiger charge is -2.29. The molecule has 1 rings (SSSR count). The van der Waals surface area contributed by atoms with Gasteiger partial charge in [0, 0.05) is 36.4 Å². The van der Waals surface area contributed by atoms with Crippen LogP contribution >= 0.6 is 0 Å². The molecule has 1 aromatic rings. The van der Waals surface area contributed by atoms with E-state index in [0.29, 0.717) is 5.92 Å². The van der Waals surface area contributed by atoms with Gasteiger partial charge in [0.1, 0.15) is 5.82 Å². The molecular formula is C18H33N3. The lowest BCUT2D eigenvalue weighted by atomic mass is 10.0. The van der Waals surface area contributed by atoms with Gasteiger partial charge in [-0.2, -0.15) is 0 Å². The lowest BCUT2D eigenvalue weighted by Crippen LogP contribution is -2.36. The standard InChI is InChI=1S/C18H33N3/c1-9-21(12-13(2)3)17-16(11-19-18(6,7)8)14(4)10-15(5)20-17/h10,13,19H,9,11-12H2,1-8H3. The van der Waals surface area contributed by atoms with E-state index in [2.05, 4.69) is 71.7 Å². The van der Waals surface area contributed by atoms with E-state index < -0.39 is 0 Å². The smallest absolute Gasteiger partial charge is 0.133 e. The van der Waals surface area contributed by atoms with Crippen LogP contribution in [0.3, 0.4) is 0 Å². The van der Waals surface area contributed by atoms with Crippen LogP contribution in [-0.2, 0) is 6.54 Å². The van der Waals surface area contributed by atoms with Crippen molar-refractivity contribution >= 4 is 5.82 Å². The number of pyridine rings is 1. The third kappa shape index (κ3) is 5.66. The maximum absolute atomic E-state index is 4.84. The van der Waals surface area contributed by atoms with Gasteiger partial charge in [0.2, 0.25) is 0 Å². The first-order valence-corrected chi connectivity index (χ1v) is 8.11. The summed E-state index contributed by atoms with van der Waals surface area (Å²) in [5.41, 5.74) is 3.88. The summed E-state index contributed by atoms with van der Waals surface area (Å²) in [5.74, 6) is 1.79. The zero-order chi connectivity index (χ0) is 16.2. The molecule has 0 radical (unpaired) electrons. The van der Waals surface area contributed by atoms with Gasteiger partial charge in [-0.1, -0.05) is 13.8 Å². The molecule has 0 spiro atoms. The normalized spacial score (nSPS) is 12.0. The van der Waals surface area contributed by atoms with Crippen LogP contribution in [0.25, 0.3) is 0 Å². The molecule has 0 aliphatic heterocycles. The minimum atomic E-state index is 0.115. The van der Waals surface area contributed by atoms with Crippen molar-refractivity contribution in [2.45, 2.75) is 67.5 Å². The average molecular weight is 291 g/mol. The monoisotopic (exact) mass is 291 g/mol. The van der Waals surface area contributed by atoms with Crippen molar-refractivity contribution in [3.63, 3.8) is 0 Å². The molecule has 0 atom stereocenters. The van der Waals surface area contributed by atoms with Gasteiger partial charge < -0.3 is 10.2 Å². The third-order valence-corrected chi connectivity index (χ3v) is 3.52. The average Bonchev–Trinajstić information content (AvgIpc) is 2.32. The van der Waals surface area contributed by atoms with Crippen molar-refractivity contribution in [2.75, 3.05) is 18.0 Å². The summed E-state index contributed by atoms with van der Waals surface area (Å²) in [4.78, 5) is 7.25. The molecule has 0 saturated carbocycles. The lowest BCUT2D eigenvalue weighted by molar-refractivity contribution is 0.423. The fraction of sp³-hybridized carbons (Fsp3) is 0.722. The SMILES string of the molecule is CCN(CC(C)C)c1nc(C)cc(C)c1CNC(C)(C)C. The predicted molar refractivity (Wildman–Crippen MR) is 93.0 cm³/mol. The molecule has 0 aliphatic rings. The fourth-order valence-corrected chi connectivity index (χ4v) is 2.48. The molecule has 0 aromatic carbocycles. The number of aryl methyl sites for hydroxylation is 2. The number of aromatic nitrogens is 1. The van der Waals surface area contributed by atoms with E-state index in [1.807, 2.05) is 0 Å². The number of hydrogen-bond donors (Lipinski definition) is 1. The minimum absolute atomic E-state index is 0.115. The van der Waals surface area contributed by atoms with Gasteiger partial charge in [-0.25, -0.2) is 4.98 Å². The van der Waals surface area contributed by atoms with E-state index in [9.17, 15) is 0 Å². The van der Waals surface area contributed by atoms with Gasteiger partial charge >= 0.3 is 0 Å². The summed E-state index contributed by atoms with van der Waals surface area (Å²) in [6.45, 7) is 20.5. The van der Waals surface area contributed by atoms with Gasteiger partial charge in [-0.15, -0.1) is 0 Å². The van der Waals surface area contributed by atoms with Crippen LogP contribution < -0.4 is 10.2 Å². The number of nitrogens with zero attached hydrogens (tertiary/aromatic N) is 2. The Morgan fingerprint density at radius 1 is 1.24 bits per heavy atom. The number of anilines is 1. The summed E-state index contributed by atoms with van der Waals surface area (Å²) >= 11 is 0. The van der Waals surface area contributed by atoms with Crippen LogP contribution in [0.1, 0.15) is 58.4 Å². The summed E-state index contributed by atoms with van der Waals surface area (Å²) in [6.07, 6.45) is 0. The Hall–Kier alpha value is -1.09. The van der Waals surface area contributed by atoms with Crippen LogP contribution in [0.4, 0.5) is 5.82 Å². The Bertz CT molecular complexity index is 458. The van der Waals surface area contributed by atoms with Crippen LogP contribution in [0.2, 0.25) is 0 Å². The quantitative estimate of drug-likeness (QED) is 0.856. The highest BCUT2D eigenvalue weighted by Gasteiger charge is 2.17. The Balaban J connectivity index is 3.15. The molecular weight excluding hydrogens is 258 g/mol. The van der Waals surface area contributed by atoms with Gasteiger partial charge in [-0.3, -0.25) is 0 Å². The maximum Gasteiger partial charge on any atom is 0.133 e. The Morgan fingerprint density at radius 3 is 2.33 bits per heavy atom. The van der Waals surface area contributed by atoms with E-state index in [1.165, 1.54) is 11.1 Å². The van der Waals surface area contributed by atoms with Crippen molar-refractivity contribution in [3.05, 3.63) is 22.9 Å². The van der Waals surface area contributed by atoms with E-state index in [1.54, 1.807) is 0 Å². The van der Waals surface area contributed by atoms with Gasteiger partial charge in [0.25, 0.3) is 0 Å². The molecule has 3 heteroatoms. The summed E-state index contributed by atoms with van der Waals surface area (Å²) in [5, 5.41) is 3.60. The molecule has 1 aromatic heterocycles. The van der Waals surface area contributed by atoms with Crippen molar-refractivity contribution in [2.24, 2.45) is 5.92 Å². The molecule has 0 aliphatic carbocycles. The molecule has 3 nitrogen and oxygen atoms in total. The molecule has 21 heavy (non-hydrogen) atoms. The second-order valence-electron chi connectivity index (χ2n) is 7.42. The Morgan fingerprint density at radius 2 is 1.86 bits per heavy atom. The first kappa shape index (κ1) is 18.0. The zero-order valence-electron chi connectivity index (χ0n) is 15.2. The highest BCUT2D eigenvalue weighted by atomic mass is 15.2. The van der Waals surface area contributed by atoms with E-state index in [4.69, 9.17) is 4.98 Å². The van der Waals surface area contributed by atoms with Crippen LogP contribution in [0, 0.1) is 19.8 Å². The second-order valence-corrected chi connectivity index (χ2v) is 7.42. The molecule has 1 N–H and O–H groups in total. The third-order valence-electron chi connectivity index (χ3n) is 3.52. The van der Waals surface area contributed by atoms with Gasteiger partial charge in [0.15, 0.2) is 0 Å². The highest BCUT2D eigenvalue weighted by Crippen LogP contribution is 2.24.